The van der Waals surface area contributed by atoms with Crippen LogP contribution in [0.4, 0.5) is 13.2 Å². The molecule has 2 rings (SSSR count). The second kappa shape index (κ2) is 6.93. The first-order valence-corrected chi connectivity index (χ1v) is 6.64. The molecule has 0 aliphatic carbocycles. The van der Waals surface area contributed by atoms with Crippen molar-refractivity contribution in [1.29, 1.82) is 0 Å². The Balaban J connectivity index is 1.89. The lowest BCUT2D eigenvalue weighted by Gasteiger charge is -2.07. The molecular formula is C17H14F3NO. The van der Waals surface area contributed by atoms with E-state index in [0.29, 0.717) is 6.54 Å². The predicted octanol–water partition coefficient (Wildman–Crippen LogP) is 4.15. The van der Waals surface area contributed by atoms with Crippen molar-refractivity contribution < 1.29 is 18.0 Å². The fraction of sp³-hybridized carbons (Fsp3) is 0.118. The van der Waals surface area contributed by atoms with Crippen molar-refractivity contribution in [1.82, 2.24) is 5.32 Å². The lowest BCUT2D eigenvalue weighted by molar-refractivity contribution is -0.137. The van der Waals surface area contributed by atoms with E-state index in [0.717, 1.165) is 17.7 Å². The van der Waals surface area contributed by atoms with Crippen LogP contribution in [0.25, 0.3) is 6.08 Å². The van der Waals surface area contributed by atoms with E-state index in [1.54, 1.807) is 6.08 Å². The van der Waals surface area contributed by atoms with Gasteiger partial charge < -0.3 is 5.32 Å². The molecule has 2 aromatic carbocycles. The van der Waals surface area contributed by atoms with Crippen LogP contribution in [0, 0.1) is 0 Å². The molecular weight excluding hydrogens is 291 g/mol. The Morgan fingerprint density at radius 3 is 2.23 bits per heavy atom. The maximum atomic E-state index is 12.4. The fourth-order valence-electron chi connectivity index (χ4n) is 1.82. The third-order valence-corrected chi connectivity index (χ3v) is 2.96. The molecule has 5 heteroatoms. The molecule has 1 N–H and O–H groups in total. The average Bonchev–Trinajstić information content (AvgIpc) is 2.52. The molecule has 0 unspecified atom stereocenters. The zero-order valence-corrected chi connectivity index (χ0v) is 11.6. The van der Waals surface area contributed by atoms with E-state index in [4.69, 9.17) is 0 Å². The summed E-state index contributed by atoms with van der Waals surface area (Å²) in [7, 11) is 0. The first-order chi connectivity index (χ1) is 10.5. The summed E-state index contributed by atoms with van der Waals surface area (Å²) in [6, 6.07) is 13.7. The number of halogens is 3. The molecule has 2 nitrogen and oxygen atoms in total. The maximum absolute atomic E-state index is 12.4. The van der Waals surface area contributed by atoms with Gasteiger partial charge in [0, 0.05) is 12.1 Å². The van der Waals surface area contributed by atoms with Crippen molar-refractivity contribution in [3.05, 3.63) is 77.4 Å². The van der Waals surface area contributed by atoms with Crippen molar-refractivity contribution in [3.8, 4) is 0 Å². The Hall–Kier alpha value is -2.56. The molecule has 0 aromatic heterocycles. The predicted molar refractivity (Wildman–Crippen MR) is 79.3 cm³/mol. The van der Waals surface area contributed by atoms with E-state index < -0.39 is 17.6 Å². The zero-order valence-electron chi connectivity index (χ0n) is 11.6. The van der Waals surface area contributed by atoms with Gasteiger partial charge in [0.15, 0.2) is 0 Å². The van der Waals surface area contributed by atoms with E-state index in [9.17, 15) is 18.0 Å². The number of rotatable bonds is 4. The summed E-state index contributed by atoms with van der Waals surface area (Å²) in [6.07, 6.45) is -0.766. The number of hydrogen-bond acceptors (Lipinski definition) is 1. The van der Waals surface area contributed by atoms with E-state index in [1.807, 2.05) is 36.4 Å². The highest BCUT2D eigenvalue weighted by molar-refractivity contribution is 5.94. The third-order valence-electron chi connectivity index (χ3n) is 2.96. The Labute approximate surface area is 126 Å². The molecule has 1 amide bonds. The Morgan fingerprint density at radius 1 is 1.00 bits per heavy atom. The SMILES string of the molecule is O=C(NC/C=C/c1ccccc1)c1ccc(C(F)(F)F)cc1. The largest absolute Gasteiger partial charge is 0.416 e. The molecule has 0 radical (unpaired) electrons. The van der Waals surface area contributed by atoms with Crippen molar-refractivity contribution in [3.63, 3.8) is 0 Å². The van der Waals surface area contributed by atoms with Crippen LogP contribution in [0.2, 0.25) is 0 Å². The average molecular weight is 305 g/mol. The van der Waals surface area contributed by atoms with Gasteiger partial charge in [0.2, 0.25) is 0 Å². The van der Waals surface area contributed by atoms with Gasteiger partial charge in [0.25, 0.3) is 5.91 Å². The summed E-state index contributed by atoms with van der Waals surface area (Å²) < 4.78 is 37.3. The molecule has 0 aliphatic rings. The van der Waals surface area contributed by atoms with Crippen LogP contribution in [-0.4, -0.2) is 12.5 Å². The first kappa shape index (κ1) is 15.8. The lowest BCUT2D eigenvalue weighted by atomic mass is 10.1. The molecule has 0 spiro atoms. The van der Waals surface area contributed by atoms with Gasteiger partial charge in [0.05, 0.1) is 5.56 Å². The highest BCUT2D eigenvalue weighted by Crippen LogP contribution is 2.28. The third kappa shape index (κ3) is 4.48. The van der Waals surface area contributed by atoms with Gasteiger partial charge in [-0.25, -0.2) is 0 Å². The Bertz CT molecular complexity index is 646. The summed E-state index contributed by atoms with van der Waals surface area (Å²) in [5.41, 5.74) is 0.431. The second-order valence-electron chi connectivity index (χ2n) is 4.60. The van der Waals surface area contributed by atoms with Crippen LogP contribution < -0.4 is 5.32 Å². The fourth-order valence-corrected chi connectivity index (χ4v) is 1.82. The highest BCUT2D eigenvalue weighted by atomic mass is 19.4. The number of hydrogen-bond donors (Lipinski definition) is 1. The van der Waals surface area contributed by atoms with Crippen LogP contribution in [0.15, 0.2) is 60.7 Å². The smallest absolute Gasteiger partial charge is 0.349 e. The normalized spacial score (nSPS) is 11.6. The summed E-state index contributed by atoms with van der Waals surface area (Å²) in [5, 5.41) is 2.62. The quantitative estimate of drug-likeness (QED) is 0.903. The minimum absolute atomic E-state index is 0.195. The molecule has 0 fully saturated rings. The molecule has 0 bridgehead atoms. The molecule has 2 aromatic rings. The molecule has 114 valence electrons. The van der Waals surface area contributed by atoms with E-state index >= 15 is 0 Å². The number of carbonyl (C=O) groups is 1. The van der Waals surface area contributed by atoms with Gasteiger partial charge in [-0.3, -0.25) is 4.79 Å². The number of carbonyl (C=O) groups excluding carboxylic acids is 1. The molecule has 0 heterocycles. The molecule has 0 saturated heterocycles. The zero-order chi connectivity index (χ0) is 16.0. The second-order valence-corrected chi connectivity index (χ2v) is 4.60. The van der Waals surface area contributed by atoms with E-state index in [-0.39, 0.29) is 5.56 Å². The minimum Gasteiger partial charge on any atom is -0.349 e. The number of amides is 1. The van der Waals surface area contributed by atoms with Gasteiger partial charge in [-0.15, -0.1) is 0 Å². The van der Waals surface area contributed by atoms with Crippen LogP contribution in [0.5, 0.6) is 0 Å². The number of benzene rings is 2. The van der Waals surface area contributed by atoms with Crippen LogP contribution in [0.3, 0.4) is 0 Å². The number of alkyl halides is 3. The van der Waals surface area contributed by atoms with Gasteiger partial charge >= 0.3 is 6.18 Å². The lowest BCUT2D eigenvalue weighted by Crippen LogP contribution is -2.23. The van der Waals surface area contributed by atoms with Crippen LogP contribution >= 0.6 is 0 Å². The minimum atomic E-state index is -4.40. The van der Waals surface area contributed by atoms with Crippen molar-refractivity contribution in [2.75, 3.05) is 6.54 Å². The first-order valence-electron chi connectivity index (χ1n) is 6.64. The topological polar surface area (TPSA) is 29.1 Å². The standard InChI is InChI=1S/C17H14F3NO/c18-17(19,20)15-10-8-14(9-11-15)16(22)21-12-4-7-13-5-2-1-3-6-13/h1-11H,12H2,(H,21,22)/b7-4+. The van der Waals surface area contributed by atoms with Gasteiger partial charge in [-0.1, -0.05) is 42.5 Å². The molecule has 22 heavy (non-hydrogen) atoms. The van der Waals surface area contributed by atoms with E-state index in [1.165, 1.54) is 12.1 Å². The van der Waals surface area contributed by atoms with Gasteiger partial charge in [-0.05, 0) is 29.8 Å². The molecule has 0 aliphatic heterocycles. The Kier molecular flexibility index (Phi) is 4.99. The number of nitrogens with one attached hydrogen (secondary N) is 1. The Morgan fingerprint density at radius 2 is 1.64 bits per heavy atom. The van der Waals surface area contributed by atoms with Gasteiger partial charge in [-0.2, -0.15) is 13.2 Å². The molecule has 0 saturated carbocycles. The van der Waals surface area contributed by atoms with Gasteiger partial charge in [0.1, 0.15) is 0 Å². The monoisotopic (exact) mass is 305 g/mol. The molecule has 0 atom stereocenters. The summed E-state index contributed by atoms with van der Waals surface area (Å²) in [5.74, 6) is -0.411. The van der Waals surface area contributed by atoms with Crippen molar-refractivity contribution in [2.45, 2.75) is 6.18 Å². The van der Waals surface area contributed by atoms with Crippen LogP contribution in [0.1, 0.15) is 21.5 Å². The highest BCUT2D eigenvalue weighted by Gasteiger charge is 2.30. The van der Waals surface area contributed by atoms with Crippen molar-refractivity contribution in [2.24, 2.45) is 0 Å². The van der Waals surface area contributed by atoms with Crippen LogP contribution in [-0.2, 0) is 6.18 Å². The summed E-state index contributed by atoms with van der Waals surface area (Å²) in [6.45, 7) is 0.300. The maximum Gasteiger partial charge on any atom is 0.416 e. The summed E-state index contributed by atoms with van der Waals surface area (Å²) >= 11 is 0. The summed E-state index contributed by atoms with van der Waals surface area (Å²) in [4.78, 5) is 11.8. The van der Waals surface area contributed by atoms with E-state index in [2.05, 4.69) is 5.32 Å². The van der Waals surface area contributed by atoms with Crippen molar-refractivity contribution >= 4 is 12.0 Å².